The first-order chi connectivity index (χ1) is 6.43. The lowest BCUT2D eigenvalue weighted by Crippen LogP contribution is -2.32. The van der Waals surface area contributed by atoms with Gasteiger partial charge in [0.25, 0.3) is 0 Å². The Hall–Kier alpha value is -0.910. The van der Waals surface area contributed by atoms with E-state index in [9.17, 15) is 4.79 Å². The molecule has 0 aliphatic carbocycles. The number of aliphatic hydroxyl groups is 2. The Labute approximate surface area is 83.6 Å². The summed E-state index contributed by atoms with van der Waals surface area (Å²) in [5.41, 5.74) is 0.356. The highest BCUT2D eigenvalue weighted by atomic mass is 16.5. The van der Waals surface area contributed by atoms with Gasteiger partial charge in [-0.25, -0.2) is 4.79 Å². The minimum atomic E-state index is -1.36. The molecule has 2 N–H and O–H groups in total. The van der Waals surface area contributed by atoms with Crippen LogP contribution in [0.3, 0.4) is 0 Å². The SMILES string of the molecule is C=C(C)C(=O)OCCN(C)CC(O)O. The Morgan fingerprint density at radius 3 is 2.57 bits per heavy atom. The number of nitrogens with zero attached hydrogens (tertiary/aromatic N) is 1. The van der Waals surface area contributed by atoms with Crippen molar-refractivity contribution in [3.63, 3.8) is 0 Å². The van der Waals surface area contributed by atoms with Crippen LogP contribution in [0.4, 0.5) is 0 Å². The van der Waals surface area contributed by atoms with Gasteiger partial charge in [0.05, 0.1) is 0 Å². The van der Waals surface area contributed by atoms with Gasteiger partial charge in [0.15, 0.2) is 6.29 Å². The van der Waals surface area contributed by atoms with Crippen LogP contribution in [0.1, 0.15) is 6.92 Å². The molecule has 0 rings (SSSR count). The lowest BCUT2D eigenvalue weighted by atomic mass is 10.4. The standard InChI is InChI=1S/C9H17NO4/c1-7(2)9(13)14-5-4-10(3)6-8(11)12/h8,11-12H,1,4-6H2,2-3H3. The molecule has 0 spiro atoms. The van der Waals surface area contributed by atoms with Crippen molar-refractivity contribution in [2.45, 2.75) is 13.2 Å². The number of esters is 1. The van der Waals surface area contributed by atoms with E-state index in [0.717, 1.165) is 0 Å². The van der Waals surface area contributed by atoms with Crippen LogP contribution >= 0.6 is 0 Å². The number of carbonyl (C=O) groups is 1. The fourth-order valence-electron chi connectivity index (χ4n) is 0.787. The summed E-state index contributed by atoms with van der Waals surface area (Å²) in [6, 6.07) is 0. The molecule has 0 radical (unpaired) electrons. The third kappa shape index (κ3) is 6.59. The number of carbonyl (C=O) groups excluding carboxylic acids is 1. The van der Waals surface area contributed by atoms with Gasteiger partial charge in [-0.1, -0.05) is 6.58 Å². The number of hydrogen-bond acceptors (Lipinski definition) is 5. The highest BCUT2D eigenvalue weighted by molar-refractivity contribution is 5.86. The van der Waals surface area contributed by atoms with Crippen LogP contribution in [0, 0.1) is 0 Å². The van der Waals surface area contributed by atoms with Crippen LogP contribution in [0.2, 0.25) is 0 Å². The van der Waals surface area contributed by atoms with E-state index in [2.05, 4.69) is 6.58 Å². The van der Waals surface area contributed by atoms with Crippen molar-refractivity contribution in [1.82, 2.24) is 4.90 Å². The first-order valence-corrected chi connectivity index (χ1v) is 4.30. The zero-order valence-electron chi connectivity index (χ0n) is 8.56. The Morgan fingerprint density at radius 2 is 2.14 bits per heavy atom. The van der Waals surface area contributed by atoms with Crippen LogP contribution in [0.15, 0.2) is 12.2 Å². The summed E-state index contributed by atoms with van der Waals surface area (Å²) >= 11 is 0. The molecule has 0 saturated carbocycles. The maximum absolute atomic E-state index is 10.9. The van der Waals surface area contributed by atoms with Gasteiger partial charge in [-0.3, -0.25) is 4.90 Å². The second kappa shape index (κ2) is 6.53. The Balaban J connectivity index is 3.54. The molecule has 0 aromatic carbocycles. The Bertz CT molecular complexity index is 203. The molecule has 82 valence electrons. The molecule has 5 heteroatoms. The molecule has 0 amide bonds. The predicted molar refractivity (Wildman–Crippen MR) is 51.5 cm³/mol. The summed E-state index contributed by atoms with van der Waals surface area (Å²) in [6.07, 6.45) is -1.36. The van der Waals surface area contributed by atoms with Crippen molar-refractivity contribution < 1.29 is 19.7 Å². The molecule has 0 bridgehead atoms. The van der Waals surface area contributed by atoms with Crippen LogP contribution in [-0.2, 0) is 9.53 Å². The number of aliphatic hydroxyl groups excluding tert-OH is 1. The van der Waals surface area contributed by atoms with Gasteiger partial charge < -0.3 is 14.9 Å². The maximum atomic E-state index is 10.9. The first-order valence-electron chi connectivity index (χ1n) is 4.30. The van der Waals surface area contributed by atoms with E-state index in [1.165, 1.54) is 0 Å². The molecule has 0 fully saturated rings. The minimum absolute atomic E-state index is 0.130. The maximum Gasteiger partial charge on any atom is 0.333 e. The number of likely N-dealkylation sites (N-methyl/N-ethyl adjacent to an activating group) is 1. The molecule has 14 heavy (non-hydrogen) atoms. The molecular weight excluding hydrogens is 186 g/mol. The topological polar surface area (TPSA) is 70.0 Å². The van der Waals surface area contributed by atoms with Crippen molar-refractivity contribution in [1.29, 1.82) is 0 Å². The van der Waals surface area contributed by atoms with Gasteiger partial charge in [-0.15, -0.1) is 0 Å². The average Bonchev–Trinajstić information content (AvgIpc) is 2.02. The van der Waals surface area contributed by atoms with Crippen molar-refractivity contribution >= 4 is 5.97 Å². The summed E-state index contributed by atoms with van der Waals surface area (Å²) in [6.45, 7) is 5.81. The van der Waals surface area contributed by atoms with Crippen molar-refractivity contribution in [3.8, 4) is 0 Å². The molecule has 0 aromatic rings. The smallest absolute Gasteiger partial charge is 0.333 e. The van der Waals surface area contributed by atoms with Gasteiger partial charge in [0.1, 0.15) is 6.61 Å². The summed E-state index contributed by atoms with van der Waals surface area (Å²) in [7, 11) is 1.70. The minimum Gasteiger partial charge on any atom is -0.461 e. The summed E-state index contributed by atoms with van der Waals surface area (Å²) in [5, 5.41) is 17.2. The average molecular weight is 203 g/mol. The third-order valence-electron chi connectivity index (χ3n) is 1.53. The van der Waals surface area contributed by atoms with Crippen LogP contribution < -0.4 is 0 Å². The van der Waals surface area contributed by atoms with Gasteiger partial charge in [-0.05, 0) is 14.0 Å². The van der Waals surface area contributed by atoms with Gasteiger partial charge in [0, 0.05) is 18.7 Å². The first kappa shape index (κ1) is 13.1. The molecular formula is C9H17NO4. The lowest BCUT2D eigenvalue weighted by Gasteiger charge is -2.17. The number of ether oxygens (including phenoxy) is 1. The van der Waals surface area contributed by atoms with E-state index in [4.69, 9.17) is 14.9 Å². The van der Waals surface area contributed by atoms with E-state index in [1.54, 1.807) is 18.9 Å². The highest BCUT2D eigenvalue weighted by Crippen LogP contribution is 1.92. The lowest BCUT2D eigenvalue weighted by molar-refractivity contribution is -0.139. The normalized spacial score (nSPS) is 10.7. The molecule has 0 aliphatic rings. The van der Waals surface area contributed by atoms with E-state index < -0.39 is 12.3 Å². The fraction of sp³-hybridized carbons (Fsp3) is 0.667. The number of hydrogen-bond donors (Lipinski definition) is 2. The van der Waals surface area contributed by atoms with Gasteiger partial charge in [-0.2, -0.15) is 0 Å². The van der Waals surface area contributed by atoms with Gasteiger partial charge in [0.2, 0.25) is 0 Å². The molecule has 0 unspecified atom stereocenters. The Morgan fingerprint density at radius 1 is 1.57 bits per heavy atom. The van der Waals surface area contributed by atoms with E-state index in [1.807, 2.05) is 0 Å². The van der Waals surface area contributed by atoms with Crippen molar-refractivity contribution in [3.05, 3.63) is 12.2 Å². The zero-order chi connectivity index (χ0) is 11.1. The van der Waals surface area contributed by atoms with Crippen LogP contribution in [0.25, 0.3) is 0 Å². The summed E-state index contributed by atoms with van der Waals surface area (Å²) < 4.78 is 4.81. The molecule has 0 heterocycles. The monoisotopic (exact) mass is 203 g/mol. The molecule has 0 saturated heterocycles. The molecule has 0 atom stereocenters. The van der Waals surface area contributed by atoms with Gasteiger partial charge >= 0.3 is 5.97 Å². The van der Waals surface area contributed by atoms with Crippen LogP contribution in [0.5, 0.6) is 0 Å². The molecule has 0 aromatic heterocycles. The second-order valence-corrected chi connectivity index (χ2v) is 3.16. The van der Waals surface area contributed by atoms with Crippen molar-refractivity contribution in [2.24, 2.45) is 0 Å². The van der Waals surface area contributed by atoms with E-state index in [0.29, 0.717) is 12.1 Å². The fourth-order valence-corrected chi connectivity index (χ4v) is 0.787. The quantitative estimate of drug-likeness (QED) is 0.341. The van der Waals surface area contributed by atoms with E-state index >= 15 is 0 Å². The summed E-state index contributed by atoms with van der Waals surface area (Å²) in [4.78, 5) is 12.6. The highest BCUT2D eigenvalue weighted by Gasteiger charge is 2.06. The largest absolute Gasteiger partial charge is 0.461 e. The van der Waals surface area contributed by atoms with Crippen molar-refractivity contribution in [2.75, 3.05) is 26.7 Å². The Kier molecular flexibility index (Phi) is 6.11. The van der Waals surface area contributed by atoms with Crippen LogP contribution in [-0.4, -0.2) is 54.1 Å². The predicted octanol–water partition coefficient (Wildman–Crippen LogP) is -0.652. The third-order valence-corrected chi connectivity index (χ3v) is 1.53. The van der Waals surface area contributed by atoms with E-state index in [-0.39, 0.29) is 13.2 Å². The zero-order valence-corrected chi connectivity index (χ0v) is 8.56. The second-order valence-electron chi connectivity index (χ2n) is 3.16. The molecule has 0 aliphatic heterocycles. The molecule has 5 nitrogen and oxygen atoms in total. The summed E-state index contributed by atoms with van der Waals surface area (Å²) in [5.74, 6) is -0.428. The number of rotatable bonds is 6.